The van der Waals surface area contributed by atoms with Gasteiger partial charge in [-0.25, -0.2) is 9.97 Å². The summed E-state index contributed by atoms with van der Waals surface area (Å²) < 4.78 is 17.4. The Balaban J connectivity index is 1.46. The minimum Gasteiger partial charge on any atom is -0.493 e. The number of benzene rings is 2. The Labute approximate surface area is 208 Å². The number of aromatic nitrogens is 2. The summed E-state index contributed by atoms with van der Waals surface area (Å²) >= 11 is 0. The van der Waals surface area contributed by atoms with Crippen LogP contribution in [0, 0.1) is 0 Å². The number of fused-ring (bicyclic) bond motifs is 7. The fourth-order valence-electron chi connectivity index (χ4n) is 4.28. The van der Waals surface area contributed by atoms with Gasteiger partial charge in [-0.3, -0.25) is 9.59 Å². The first-order valence-electron chi connectivity index (χ1n) is 11.7. The van der Waals surface area contributed by atoms with Gasteiger partial charge in [-0.05, 0) is 42.0 Å². The summed E-state index contributed by atoms with van der Waals surface area (Å²) in [4.78, 5) is 36.4. The van der Waals surface area contributed by atoms with Crippen LogP contribution in [0.1, 0.15) is 22.3 Å². The Bertz CT molecular complexity index is 1220. The number of nitrogens with one attached hydrogen (secondary N) is 2. The first kappa shape index (κ1) is 23.4. The van der Waals surface area contributed by atoms with Crippen molar-refractivity contribution in [3.8, 4) is 17.2 Å². The lowest BCUT2D eigenvalue weighted by Gasteiger charge is -2.38. The highest BCUT2D eigenvalue weighted by atomic mass is 16.5. The molecule has 6 rings (SSSR count). The van der Waals surface area contributed by atoms with Crippen molar-refractivity contribution in [1.29, 1.82) is 0 Å². The Morgan fingerprint density at radius 2 is 1.89 bits per heavy atom. The largest absolute Gasteiger partial charge is 0.493 e. The van der Waals surface area contributed by atoms with Crippen molar-refractivity contribution in [2.45, 2.75) is 25.1 Å². The Morgan fingerprint density at radius 1 is 1.08 bits per heavy atom. The number of ether oxygens (including phenoxy) is 3. The molecule has 10 heteroatoms. The Hall–Kier alpha value is -4.34. The van der Waals surface area contributed by atoms with E-state index in [0.29, 0.717) is 54.8 Å². The summed E-state index contributed by atoms with van der Waals surface area (Å²) in [6.45, 7) is 1.32. The normalized spacial score (nSPS) is 20.2. The maximum absolute atomic E-state index is 13.3. The van der Waals surface area contributed by atoms with E-state index < -0.39 is 0 Å². The van der Waals surface area contributed by atoms with Crippen LogP contribution in [-0.2, 0) is 11.3 Å². The Morgan fingerprint density at radius 3 is 2.67 bits per heavy atom. The van der Waals surface area contributed by atoms with Gasteiger partial charge in [0, 0.05) is 44.0 Å². The smallest absolute Gasteiger partial charge is 0.258 e. The molecule has 3 aliphatic rings. The summed E-state index contributed by atoms with van der Waals surface area (Å²) in [5.41, 5.74) is 1.31. The standard InChI is InChI=1S/C26H27N5O5/c1-34-22-8-5-18-13-23(22)35-16-24(32)29-14-17-3-6-19(7-4-17)36-21-9-12-31(15-20(21)30-25(18)33)26-27-10-2-11-28-26/h2-8,10-11,13,20-21H,9,12,14-16H2,1H3,(H,29,32)(H,30,33)/t20-,21+/m0/s1. The number of carbonyl (C=O) groups excluding carboxylic acids is 2. The Kier molecular flexibility index (Phi) is 6.83. The molecule has 2 aromatic carbocycles. The van der Waals surface area contributed by atoms with Crippen LogP contribution in [0.25, 0.3) is 0 Å². The number of hydrogen-bond acceptors (Lipinski definition) is 8. The summed E-state index contributed by atoms with van der Waals surface area (Å²) in [6, 6.07) is 13.9. The van der Waals surface area contributed by atoms with E-state index in [0.717, 1.165) is 5.56 Å². The molecule has 2 N–H and O–H groups in total. The number of piperidine rings is 1. The van der Waals surface area contributed by atoms with Gasteiger partial charge in [0.15, 0.2) is 18.1 Å². The second-order valence-corrected chi connectivity index (χ2v) is 8.59. The van der Waals surface area contributed by atoms with Crippen molar-refractivity contribution in [1.82, 2.24) is 20.6 Å². The molecule has 2 amide bonds. The molecule has 186 valence electrons. The molecule has 4 heterocycles. The maximum Gasteiger partial charge on any atom is 0.258 e. The number of carbonyl (C=O) groups is 2. The quantitative estimate of drug-likeness (QED) is 0.562. The zero-order chi connectivity index (χ0) is 24.9. The van der Waals surface area contributed by atoms with Crippen molar-refractivity contribution in [3.63, 3.8) is 0 Å². The van der Waals surface area contributed by atoms with E-state index in [1.54, 1.807) is 36.7 Å². The molecular formula is C26H27N5O5. The number of amides is 2. The number of anilines is 1. The van der Waals surface area contributed by atoms with Gasteiger partial charge in [0.2, 0.25) is 5.95 Å². The zero-order valence-electron chi connectivity index (χ0n) is 19.8. The van der Waals surface area contributed by atoms with Crippen molar-refractivity contribution < 1.29 is 23.8 Å². The fraction of sp³-hybridized carbons (Fsp3) is 0.308. The average Bonchev–Trinajstić information content (AvgIpc) is 2.92. The highest BCUT2D eigenvalue weighted by molar-refractivity contribution is 5.95. The van der Waals surface area contributed by atoms with E-state index in [1.807, 2.05) is 29.2 Å². The summed E-state index contributed by atoms with van der Waals surface area (Å²) in [5, 5.41) is 5.95. The number of nitrogens with zero attached hydrogens (tertiary/aromatic N) is 3. The average molecular weight is 490 g/mol. The SMILES string of the molecule is COc1ccc2cc1OCC(=O)NCc1ccc(cc1)O[C@@H]1CCN(c3ncccn3)C[C@@H]1NC2=O. The lowest BCUT2D eigenvalue weighted by molar-refractivity contribution is -0.123. The summed E-state index contributed by atoms with van der Waals surface area (Å²) in [5.74, 6) is 1.46. The summed E-state index contributed by atoms with van der Waals surface area (Å²) in [6.07, 6.45) is 3.80. The minimum absolute atomic E-state index is 0.209. The number of hydrogen-bond donors (Lipinski definition) is 2. The van der Waals surface area contributed by atoms with Crippen LogP contribution in [-0.4, -0.2) is 60.7 Å². The van der Waals surface area contributed by atoms with Gasteiger partial charge in [-0.2, -0.15) is 0 Å². The van der Waals surface area contributed by atoms with Crippen molar-refractivity contribution in [2.75, 3.05) is 31.7 Å². The van der Waals surface area contributed by atoms with E-state index in [2.05, 4.69) is 20.6 Å². The van der Waals surface area contributed by atoms with E-state index in [-0.39, 0.29) is 30.6 Å². The predicted octanol–water partition coefficient (Wildman–Crippen LogP) is 1.95. The van der Waals surface area contributed by atoms with E-state index in [1.165, 1.54) is 7.11 Å². The second kappa shape index (κ2) is 10.5. The van der Waals surface area contributed by atoms with Crippen LogP contribution in [0.4, 0.5) is 5.95 Å². The lowest BCUT2D eigenvalue weighted by atomic mass is 10.0. The van der Waals surface area contributed by atoms with Gasteiger partial charge < -0.3 is 29.7 Å². The van der Waals surface area contributed by atoms with Crippen LogP contribution in [0.15, 0.2) is 60.9 Å². The van der Waals surface area contributed by atoms with Crippen LogP contribution in [0.5, 0.6) is 17.2 Å². The molecule has 0 spiro atoms. The zero-order valence-corrected chi connectivity index (χ0v) is 19.8. The summed E-state index contributed by atoms with van der Waals surface area (Å²) in [7, 11) is 1.51. The van der Waals surface area contributed by atoms with Crippen LogP contribution >= 0.6 is 0 Å². The van der Waals surface area contributed by atoms with E-state index in [9.17, 15) is 9.59 Å². The third-order valence-electron chi connectivity index (χ3n) is 6.19. The first-order valence-corrected chi connectivity index (χ1v) is 11.7. The molecule has 0 radical (unpaired) electrons. The molecular weight excluding hydrogens is 462 g/mol. The van der Waals surface area contributed by atoms with Crippen LogP contribution in [0.2, 0.25) is 0 Å². The molecule has 3 aromatic rings. The third kappa shape index (κ3) is 5.32. The molecule has 10 nitrogen and oxygen atoms in total. The molecule has 4 bridgehead atoms. The molecule has 1 saturated heterocycles. The second-order valence-electron chi connectivity index (χ2n) is 8.59. The van der Waals surface area contributed by atoms with E-state index >= 15 is 0 Å². The van der Waals surface area contributed by atoms with Gasteiger partial charge in [0.25, 0.3) is 11.8 Å². The van der Waals surface area contributed by atoms with Gasteiger partial charge in [-0.15, -0.1) is 0 Å². The van der Waals surface area contributed by atoms with Crippen molar-refractivity contribution in [3.05, 3.63) is 72.1 Å². The highest BCUT2D eigenvalue weighted by Crippen LogP contribution is 2.29. The van der Waals surface area contributed by atoms with Crippen molar-refractivity contribution in [2.24, 2.45) is 0 Å². The van der Waals surface area contributed by atoms with Crippen molar-refractivity contribution >= 4 is 17.8 Å². The molecule has 0 unspecified atom stereocenters. The molecule has 0 saturated carbocycles. The topological polar surface area (TPSA) is 115 Å². The van der Waals surface area contributed by atoms with Crippen LogP contribution < -0.4 is 29.7 Å². The highest BCUT2D eigenvalue weighted by Gasteiger charge is 2.33. The molecule has 36 heavy (non-hydrogen) atoms. The van der Waals surface area contributed by atoms with Crippen LogP contribution in [0.3, 0.4) is 0 Å². The predicted molar refractivity (Wildman–Crippen MR) is 131 cm³/mol. The molecule has 2 atom stereocenters. The van der Waals surface area contributed by atoms with Gasteiger partial charge in [0.1, 0.15) is 11.9 Å². The molecule has 1 aromatic heterocycles. The van der Waals surface area contributed by atoms with Gasteiger partial charge in [-0.1, -0.05) is 12.1 Å². The fourth-order valence-corrected chi connectivity index (χ4v) is 4.28. The van der Waals surface area contributed by atoms with Gasteiger partial charge >= 0.3 is 0 Å². The first-order chi connectivity index (χ1) is 17.6. The maximum atomic E-state index is 13.3. The minimum atomic E-state index is -0.333. The van der Waals surface area contributed by atoms with Gasteiger partial charge in [0.05, 0.1) is 13.2 Å². The van der Waals surface area contributed by atoms with E-state index in [4.69, 9.17) is 14.2 Å². The molecule has 3 aliphatic heterocycles. The lowest BCUT2D eigenvalue weighted by Crippen LogP contribution is -2.57. The molecule has 1 fully saturated rings. The number of methoxy groups -OCH3 is 1. The number of rotatable bonds is 2. The molecule has 0 aliphatic carbocycles. The third-order valence-corrected chi connectivity index (χ3v) is 6.19. The monoisotopic (exact) mass is 489 g/mol.